The minimum Gasteiger partial charge on any atom is -0.495 e. The molecular formula is C9H14ClNO3. The number of nitrogens with one attached hydrogen (secondary N) is 1. The zero-order valence-electron chi connectivity index (χ0n) is 8.37. The number of methoxy groups -OCH3 is 1. The largest absolute Gasteiger partial charge is 0.495 e. The van der Waals surface area contributed by atoms with Crippen LogP contribution in [0.2, 0.25) is 5.02 Å². The number of halogens is 1. The lowest BCUT2D eigenvalue weighted by atomic mass is 10.3. The van der Waals surface area contributed by atoms with Gasteiger partial charge in [0.2, 0.25) is 0 Å². The van der Waals surface area contributed by atoms with E-state index in [1.54, 1.807) is 17.8 Å². The Morgan fingerprint density at radius 3 is 2.43 bits per heavy atom. The number of benzene rings is 1. The van der Waals surface area contributed by atoms with Crippen LogP contribution in [-0.2, 0) is 0 Å². The van der Waals surface area contributed by atoms with Crippen molar-refractivity contribution in [2.45, 2.75) is 13.8 Å². The third kappa shape index (κ3) is 3.83. The third-order valence-corrected chi connectivity index (χ3v) is 1.58. The van der Waals surface area contributed by atoms with Crippen molar-refractivity contribution in [2.75, 3.05) is 7.11 Å². The van der Waals surface area contributed by atoms with Crippen LogP contribution in [-0.4, -0.2) is 12.3 Å². The zero-order valence-corrected chi connectivity index (χ0v) is 9.13. The highest BCUT2D eigenvalue weighted by atomic mass is 35.5. The van der Waals surface area contributed by atoms with Crippen LogP contribution in [0.5, 0.6) is 11.5 Å². The molecule has 0 bridgehead atoms. The van der Waals surface area contributed by atoms with Gasteiger partial charge in [-0.15, -0.1) is 0 Å². The summed E-state index contributed by atoms with van der Waals surface area (Å²) in [5, 5.41) is 8.61. The van der Waals surface area contributed by atoms with Crippen molar-refractivity contribution in [1.29, 1.82) is 0 Å². The third-order valence-electron chi connectivity index (χ3n) is 1.29. The van der Waals surface area contributed by atoms with Crippen molar-refractivity contribution in [3.63, 3.8) is 0 Å². The van der Waals surface area contributed by atoms with E-state index in [0.29, 0.717) is 16.5 Å². The number of rotatable bonds is 3. The molecule has 0 heterocycles. The second-order valence-electron chi connectivity index (χ2n) is 1.99. The summed E-state index contributed by atoms with van der Waals surface area (Å²) in [6.45, 7) is 4.00. The Kier molecular flexibility index (Phi) is 6.92. The van der Waals surface area contributed by atoms with Gasteiger partial charge in [-0.2, -0.15) is 0 Å². The molecule has 4 nitrogen and oxygen atoms in total. The second kappa shape index (κ2) is 7.44. The van der Waals surface area contributed by atoms with Gasteiger partial charge < -0.3 is 9.57 Å². The molecule has 0 aliphatic heterocycles. The summed E-state index contributed by atoms with van der Waals surface area (Å²) in [5.41, 5.74) is 1.55. The van der Waals surface area contributed by atoms with Crippen LogP contribution in [0, 0.1) is 0 Å². The first kappa shape index (κ1) is 13.0. The average molecular weight is 220 g/mol. The van der Waals surface area contributed by atoms with Gasteiger partial charge in [0.15, 0.2) is 5.75 Å². The summed E-state index contributed by atoms with van der Waals surface area (Å²) < 4.78 is 4.91. The van der Waals surface area contributed by atoms with Crippen LogP contribution in [0.4, 0.5) is 0 Å². The van der Waals surface area contributed by atoms with E-state index in [2.05, 4.69) is 4.84 Å². The Hall–Kier alpha value is -0.970. The first-order valence-electron chi connectivity index (χ1n) is 4.17. The molecular weight excluding hydrogens is 206 g/mol. The van der Waals surface area contributed by atoms with Crippen molar-refractivity contribution in [2.24, 2.45) is 0 Å². The quantitative estimate of drug-likeness (QED) is 0.768. The molecule has 0 aliphatic rings. The van der Waals surface area contributed by atoms with E-state index in [1.807, 2.05) is 13.8 Å². The molecule has 0 radical (unpaired) electrons. The van der Waals surface area contributed by atoms with Gasteiger partial charge in [-0.3, -0.25) is 5.21 Å². The molecule has 0 saturated carbocycles. The van der Waals surface area contributed by atoms with Gasteiger partial charge in [-0.1, -0.05) is 25.4 Å². The van der Waals surface area contributed by atoms with Gasteiger partial charge in [-0.05, 0) is 17.8 Å². The lowest BCUT2D eigenvalue weighted by Crippen LogP contribution is -2.11. The van der Waals surface area contributed by atoms with Gasteiger partial charge in [0.1, 0.15) is 5.75 Å². The maximum Gasteiger partial charge on any atom is 0.151 e. The number of hydrogen-bond acceptors (Lipinski definition) is 4. The Balaban J connectivity index is 0.000000791. The fraction of sp³-hybridized carbons (Fsp3) is 0.333. The van der Waals surface area contributed by atoms with E-state index in [1.165, 1.54) is 13.2 Å². The molecule has 5 heteroatoms. The molecule has 0 aliphatic carbocycles. The second-order valence-corrected chi connectivity index (χ2v) is 2.40. The zero-order chi connectivity index (χ0) is 11.0. The summed E-state index contributed by atoms with van der Waals surface area (Å²) in [4.78, 5) is 4.55. The highest BCUT2D eigenvalue weighted by molar-refractivity contribution is 6.32. The summed E-state index contributed by atoms with van der Waals surface area (Å²) >= 11 is 5.75. The highest BCUT2D eigenvalue weighted by Crippen LogP contribution is 2.27. The molecule has 0 atom stereocenters. The fourth-order valence-corrected chi connectivity index (χ4v) is 1.01. The van der Waals surface area contributed by atoms with Gasteiger partial charge in [-0.25, -0.2) is 0 Å². The lowest BCUT2D eigenvalue weighted by molar-refractivity contribution is -0.0436. The van der Waals surface area contributed by atoms with Crippen LogP contribution in [0.1, 0.15) is 13.8 Å². The van der Waals surface area contributed by atoms with Gasteiger partial charge in [0.05, 0.1) is 12.1 Å². The molecule has 0 aromatic heterocycles. The fourth-order valence-electron chi connectivity index (χ4n) is 0.763. The van der Waals surface area contributed by atoms with Crippen LogP contribution < -0.4 is 15.2 Å². The van der Waals surface area contributed by atoms with Crippen molar-refractivity contribution < 1.29 is 14.8 Å². The molecule has 1 aromatic carbocycles. The SMILES string of the molecule is CC.COc1ccc(ONO)cc1Cl. The molecule has 1 aromatic rings. The highest BCUT2D eigenvalue weighted by Gasteiger charge is 2.01. The predicted molar refractivity (Wildman–Crippen MR) is 54.9 cm³/mol. The topological polar surface area (TPSA) is 50.7 Å². The smallest absolute Gasteiger partial charge is 0.151 e. The minimum atomic E-state index is 0.406. The van der Waals surface area contributed by atoms with Crippen LogP contribution in [0.25, 0.3) is 0 Å². The molecule has 14 heavy (non-hydrogen) atoms. The maximum atomic E-state index is 8.19. The first-order valence-corrected chi connectivity index (χ1v) is 4.55. The minimum absolute atomic E-state index is 0.406. The van der Waals surface area contributed by atoms with Gasteiger partial charge >= 0.3 is 0 Å². The van der Waals surface area contributed by atoms with E-state index in [4.69, 9.17) is 21.5 Å². The summed E-state index contributed by atoms with van der Waals surface area (Å²) in [6, 6.07) is 4.76. The maximum absolute atomic E-state index is 8.19. The molecule has 0 fully saturated rings. The van der Waals surface area contributed by atoms with Crippen LogP contribution >= 0.6 is 11.6 Å². The average Bonchev–Trinajstić information content (AvgIpc) is 2.22. The summed E-state index contributed by atoms with van der Waals surface area (Å²) in [5.74, 6) is 0.963. The summed E-state index contributed by atoms with van der Waals surface area (Å²) in [6.07, 6.45) is 0. The van der Waals surface area contributed by atoms with Crippen molar-refractivity contribution in [3.05, 3.63) is 23.2 Å². The summed E-state index contributed by atoms with van der Waals surface area (Å²) in [7, 11) is 1.52. The predicted octanol–water partition coefficient (Wildman–Crippen LogP) is 2.65. The van der Waals surface area contributed by atoms with E-state index >= 15 is 0 Å². The molecule has 0 spiro atoms. The Morgan fingerprint density at radius 2 is 2.00 bits per heavy atom. The normalized spacial score (nSPS) is 8.64. The Labute approximate surface area is 88.3 Å². The molecule has 0 saturated heterocycles. The molecule has 2 N–H and O–H groups in total. The molecule has 1 rings (SSSR count). The Bertz CT molecular complexity index is 268. The standard InChI is InChI=1S/C7H8ClNO3.C2H6/c1-11-7-3-2-5(12-9-10)4-6(7)8;1-2/h2-4,9-10H,1H3;1-2H3. The molecule has 0 unspecified atom stereocenters. The van der Waals surface area contributed by atoms with Crippen LogP contribution in [0.3, 0.4) is 0 Å². The monoisotopic (exact) mass is 219 g/mol. The number of ether oxygens (including phenoxy) is 1. The Morgan fingerprint density at radius 1 is 1.36 bits per heavy atom. The first-order chi connectivity index (χ1) is 6.77. The van der Waals surface area contributed by atoms with Gasteiger partial charge in [0, 0.05) is 6.07 Å². The van der Waals surface area contributed by atoms with E-state index in [9.17, 15) is 0 Å². The molecule has 80 valence electrons. The van der Waals surface area contributed by atoms with Crippen molar-refractivity contribution in [1.82, 2.24) is 5.64 Å². The van der Waals surface area contributed by atoms with E-state index in [-0.39, 0.29) is 0 Å². The number of hydrogen-bond donors (Lipinski definition) is 2. The van der Waals surface area contributed by atoms with Crippen molar-refractivity contribution in [3.8, 4) is 11.5 Å². The van der Waals surface area contributed by atoms with Crippen LogP contribution in [0.15, 0.2) is 18.2 Å². The van der Waals surface area contributed by atoms with Crippen molar-refractivity contribution >= 4 is 11.6 Å². The lowest BCUT2D eigenvalue weighted by Gasteiger charge is -2.04. The van der Waals surface area contributed by atoms with Gasteiger partial charge in [0.25, 0.3) is 0 Å². The molecule has 0 amide bonds. The van der Waals surface area contributed by atoms with E-state index in [0.717, 1.165) is 0 Å². The van der Waals surface area contributed by atoms with E-state index < -0.39 is 0 Å².